The van der Waals surface area contributed by atoms with Crippen LogP contribution in [0.3, 0.4) is 0 Å². The van der Waals surface area contributed by atoms with Gasteiger partial charge in [-0.2, -0.15) is 0 Å². The van der Waals surface area contributed by atoms with Crippen LogP contribution in [0.25, 0.3) is 0 Å². The molecule has 0 amide bonds. The molecule has 0 aliphatic heterocycles. The van der Waals surface area contributed by atoms with Crippen LogP contribution in [0.15, 0.2) is 12.1 Å². The van der Waals surface area contributed by atoms with Crippen LogP contribution in [0.5, 0.6) is 0 Å². The summed E-state index contributed by atoms with van der Waals surface area (Å²) in [5, 5.41) is 0. The maximum absolute atomic E-state index is 11.4. The lowest BCUT2D eigenvalue weighted by atomic mass is 9.81. The number of aldehydes is 1. The molecule has 0 saturated heterocycles. The van der Waals surface area contributed by atoms with Gasteiger partial charge in [-0.25, -0.2) is 0 Å². The molecule has 1 aromatic rings. The number of hydrogen-bond acceptors (Lipinski definition) is 1. The summed E-state index contributed by atoms with van der Waals surface area (Å²) in [4.78, 5) is 11.4. The van der Waals surface area contributed by atoms with E-state index >= 15 is 0 Å². The quantitative estimate of drug-likeness (QED) is 0.691. The molecule has 2 unspecified atom stereocenters. The molecular formula is C18H24O. The van der Waals surface area contributed by atoms with E-state index in [1.165, 1.54) is 28.7 Å². The SMILES string of the molecule is CC1Cc2cc3c(cc2C1C=O)C(C)(C)CC3(C)C. The number of hydrogen-bond donors (Lipinski definition) is 0. The van der Waals surface area contributed by atoms with Crippen LogP contribution in [-0.2, 0) is 22.0 Å². The molecule has 0 radical (unpaired) electrons. The second kappa shape index (κ2) is 3.71. The van der Waals surface area contributed by atoms with E-state index in [1.807, 2.05) is 0 Å². The first-order valence-electron chi connectivity index (χ1n) is 7.39. The van der Waals surface area contributed by atoms with E-state index in [0.29, 0.717) is 5.92 Å². The Morgan fingerprint density at radius 1 is 1.11 bits per heavy atom. The molecule has 0 saturated carbocycles. The van der Waals surface area contributed by atoms with Crippen LogP contribution < -0.4 is 0 Å². The molecular weight excluding hydrogens is 232 g/mol. The van der Waals surface area contributed by atoms with E-state index in [-0.39, 0.29) is 16.7 Å². The van der Waals surface area contributed by atoms with Crippen molar-refractivity contribution in [1.82, 2.24) is 0 Å². The van der Waals surface area contributed by atoms with E-state index < -0.39 is 0 Å². The predicted octanol–water partition coefficient (Wildman–Crippen LogP) is 4.12. The van der Waals surface area contributed by atoms with Gasteiger partial charge < -0.3 is 4.79 Å². The molecule has 1 aromatic carbocycles. The molecule has 3 rings (SSSR count). The average Bonchev–Trinajstić information content (AvgIpc) is 2.68. The second-order valence-corrected chi connectivity index (χ2v) is 7.88. The van der Waals surface area contributed by atoms with Crippen molar-refractivity contribution in [3.8, 4) is 0 Å². The first kappa shape index (κ1) is 12.9. The third kappa shape index (κ3) is 1.70. The first-order chi connectivity index (χ1) is 8.76. The standard InChI is InChI=1S/C18H24O/c1-11-6-12-7-15-16(8-13(12)14(11)9-19)18(4,5)10-17(15,2)3/h7-9,11,14H,6,10H2,1-5H3. The first-order valence-corrected chi connectivity index (χ1v) is 7.39. The average molecular weight is 256 g/mol. The Morgan fingerprint density at radius 2 is 1.68 bits per heavy atom. The number of rotatable bonds is 1. The number of fused-ring (bicyclic) bond motifs is 2. The van der Waals surface area contributed by atoms with Gasteiger partial charge in [0.1, 0.15) is 6.29 Å². The molecule has 0 fully saturated rings. The number of benzene rings is 1. The summed E-state index contributed by atoms with van der Waals surface area (Å²) in [7, 11) is 0. The van der Waals surface area contributed by atoms with Crippen LogP contribution in [-0.4, -0.2) is 6.29 Å². The summed E-state index contributed by atoms with van der Waals surface area (Å²) in [5.41, 5.74) is 6.18. The van der Waals surface area contributed by atoms with Gasteiger partial charge in [0, 0.05) is 5.92 Å². The van der Waals surface area contributed by atoms with E-state index in [2.05, 4.69) is 46.8 Å². The van der Waals surface area contributed by atoms with Gasteiger partial charge >= 0.3 is 0 Å². The smallest absolute Gasteiger partial charge is 0.127 e. The highest BCUT2D eigenvalue weighted by molar-refractivity contribution is 5.67. The van der Waals surface area contributed by atoms with Crippen molar-refractivity contribution in [2.45, 2.75) is 64.2 Å². The van der Waals surface area contributed by atoms with Gasteiger partial charge in [-0.15, -0.1) is 0 Å². The fourth-order valence-electron chi connectivity index (χ4n) is 4.55. The summed E-state index contributed by atoms with van der Waals surface area (Å²) >= 11 is 0. The minimum Gasteiger partial charge on any atom is -0.303 e. The van der Waals surface area contributed by atoms with E-state index in [0.717, 1.165) is 12.7 Å². The van der Waals surface area contributed by atoms with Crippen molar-refractivity contribution >= 4 is 6.29 Å². The lowest BCUT2D eigenvalue weighted by Gasteiger charge is -2.22. The molecule has 0 spiro atoms. The van der Waals surface area contributed by atoms with Gasteiger partial charge in [-0.3, -0.25) is 0 Å². The Kier molecular flexibility index (Phi) is 2.52. The van der Waals surface area contributed by atoms with Crippen LogP contribution in [0.2, 0.25) is 0 Å². The molecule has 1 nitrogen and oxygen atoms in total. The summed E-state index contributed by atoms with van der Waals surface area (Å²) in [5.74, 6) is 0.570. The zero-order valence-electron chi connectivity index (χ0n) is 12.7. The predicted molar refractivity (Wildman–Crippen MR) is 78.8 cm³/mol. The maximum atomic E-state index is 11.4. The third-order valence-corrected chi connectivity index (χ3v) is 5.28. The van der Waals surface area contributed by atoms with Crippen LogP contribution in [0, 0.1) is 5.92 Å². The molecule has 2 aliphatic carbocycles. The monoisotopic (exact) mass is 256 g/mol. The summed E-state index contributed by atoms with van der Waals surface area (Å²) in [6.45, 7) is 11.6. The summed E-state index contributed by atoms with van der Waals surface area (Å²) in [6, 6.07) is 4.75. The molecule has 0 heterocycles. The minimum absolute atomic E-state index is 0.111. The van der Waals surface area contributed by atoms with Gasteiger partial charge in [0.25, 0.3) is 0 Å². The van der Waals surface area contributed by atoms with E-state index in [4.69, 9.17) is 0 Å². The number of carbonyl (C=O) groups is 1. The molecule has 0 aromatic heterocycles. The maximum Gasteiger partial charge on any atom is 0.127 e. The minimum atomic E-state index is 0.111. The lowest BCUT2D eigenvalue weighted by molar-refractivity contribution is -0.109. The molecule has 19 heavy (non-hydrogen) atoms. The lowest BCUT2D eigenvalue weighted by Crippen LogP contribution is -2.18. The molecule has 2 atom stereocenters. The van der Waals surface area contributed by atoms with Gasteiger partial charge in [0.2, 0.25) is 0 Å². The second-order valence-electron chi connectivity index (χ2n) is 7.88. The van der Waals surface area contributed by atoms with Gasteiger partial charge in [-0.1, -0.05) is 46.8 Å². The van der Waals surface area contributed by atoms with Crippen molar-refractivity contribution in [1.29, 1.82) is 0 Å². The normalized spacial score (nSPS) is 29.9. The molecule has 1 heteroatoms. The summed E-state index contributed by atoms with van der Waals surface area (Å²) < 4.78 is 0. The van der Waals surface area contributed by atoms with Crippen molar-refractivity contribution in [3.63, 3.8) is 0 Å². The third-order valence-electron chi connectivity index (χ3n) is 5.28. The largest absolute Gasteiger partial charge is 0.303 e. The van der Waals surface area contributed by atoms with Gasteiger partial charge in [0.05, 0.1) is 0 Å². The Morgan fingerprint density at radius 3 is 2.26 bits per heavy atom. The van der Waals surface area contributed by atoms with Crippen molar-refractivity contribution in [2.24, 2.45) is 5.92 Å². The molecule has 102 valence electrons. The highest BCUT2D eigenvalue weighted by Crippen LogP contribution is 2.52. The van der Waals surface area contributed by atoms with Crippen molar-refractivity contribution in [2.75, 3.05) is 0 Å². The summed E-state index contributed by atoms with van der Waals surface area (Å²) in [6.07, 6.45) is 3.40. The zero-order valence-corrected chi connectivity index (χ0v) is 12.7. The topological polar surface area (TPSA) is 17.1 Å². The van der Waals surface area contributed by atoms with Gasteiger partial charge in [0.15, 0.2) is 0 Å². The highest BCUT2D eigenvalue weighted by Gasteiger charge is 2.43. The zero-order chi connectivity index (χ0) is 14.0. The van der Waals surface area contributed by atoms with E-state index in [1.54, 1.807) is 0 Å². The highest BCUT2D eigenvalue weighted by atomic mass is 16.1. The van der Waals surface area contributed by atoms with Crippen LogP contribution in [0.4, 0.5) is 0 Å². The molecule has 0 bridgehead atoms. The Bertz CT molecular complexity index is 551. The Balaban J connectivity index is 2.21. The van der Waals surface area contributed by atoms with Crippen LogP contribution in [0.1, 0.15) is 69.2 Å². The molecule has 2 aliphatic rings. The molecule has 0 N–H and O–H groups in total. The fourth-order valence-corrected chi connectivity index (χ4v) is 4.55. The van der Waals surface area contributed by atoms with Crippen LogP contribution >= 0.6 is 0 Å². The Hall–Kier alpha value is -1.11. The van der Waals surface area contributed by atoms with Crippen molar-refractivity contribution in [3.05, 3.63) is 34.4 Å². The van der Waals surface area contributed by atoms with Crippen molar-refractivity contribution < 1.29 is 4.79 Å². The number of carbonyl (C=O) groups excluding carboxylic acids is 1. The Labute approximate surface area is 116 Å². The fraction of sp³-hybridized carbons (Fsp3) is 0.611. The van der Waals surface area contributed by atoms with E-state index in [9.17, 15) is 4.79 Å². The van der Waals surface area contributed by atoms with Gasteiger partial charge in [-0.05, 0) is 51.8 Å².